The maximum Gasteiger partial charge on any atom is 0.170 e. The summed E-state index contributed by atoms with van der Waals surface area (Å²) in [6.07, 6.45) is 15.6. The number of hydrogen-bond donors (Lipinski definition) is 4. The SMILES string of the molecule is CC(C)O.CCOC(C1CCC2C(CC3C4CCC5C(C)(C)C(OC6CN(C7CCNCC7)CCO6)CCC56CC46CCC23C)O1)C(C)(C)O.CO.[HH]. The monoisotopic (exact) mass is 737 g/mol. The molecule has 52 heavy (non-hydrogen) atoms. The number of piperidine rings is 1. The van der Waals surface area contributed by atoms with Crippen LogP contribution in [0.15, 0.2) is 0 Å². The highest BCUT2D eigenvalue weighted by Crippen LogP contribution is 2.87. The molecule has 3 saturated heterocycles. The maximum absolute atomic E-state index is 11.0. The van der Waals surface area contributed by atoms with Crippen LogP contribution in [0.5, 0.6) is 0 Å². The average molecular weight is 737 g/mol. The summed E-state index contributed by atoms with van der Waals surface area (Å²) in [5, 5.41) is 29.5. The third kappa shape index (κ3) is 7.32. The Morgan fingerprint density at radius 2 is 1.62 bits per heavy atom. The first-order chi connectivity index (χ1) is 24.7. The van der Waals surface area contributed by atoms with Gasteiger partial charge in [0.05, 0.1) is 30.5 Å². The lowest BCUT2D eigenvalue weighted by Crippen LogP contribution is -2.57. The van der Waals surface area contributed by atoms with E-state index in [1.165, 1.54) is 70.6 Å². The van der Waals surface area contributed by atoms with Crippen molar-refractivity contribution in [3.63, 3.8) is 0 Å². The lowest BCUT2D eigenvalue weighted by molar-refractivity contribution is -0.248. The minimum Gasteiger partial charge on any atom is -0.400 e. The predicted molar refractivity (Wildman–Crippen MR) is 207 cm³/mol. The van der Waals surface area contributed by atoms with Gasteiger partial charge in [0, 0.05) is 40.4 Å². The second-order valence-corrected chi connectivity index (χ2v) is 19.9. The molecule has 304 valence electrons. The Labute approximate surface area is 318 Å². The van der Waals surface area contributed by atoms with Gasteiger partial charge in [-0.05, 0) is 170 Å². The molecule has 0 aromatic rings. The van der Waals surface area contributed by atoms with Crippen LogP contribution in [0, 0.1) is 45.3 Å². The molecule has 3 heterocycles. The minimum absolute atomic E-state index is 0. The molecule has 4 N–H and O–H groups in total. The number of aliphatic hydroxyl groups excluding tert-OH is 2. The summed E-state index contributed by atoms with van der Waals surface area (Å²) >= 11 is 0. The van der Waals surface area contributed by atoms with Gasteiger partial charge in [-0.1, -0.05) is 20.8 Å². The molecule has 0 aromatic carbocycles. The minimum atomic E-state index is -0.892. The van der Waals surface area contributed by atoms with Crippen LogP contribution in [0.4, 0.5) is 0 Å². The van der Waals surface area contributed by atoms with E-state index >= 15 is 0 Å². The lowest BCUT2D eigenvalue weighted by Gasteiger charge is -2.60. The fourth-order valence-electron chi connectivity index (χ4n) is 14.1. The van der Waals surface area contributed by atoms with Gasteiger partial charge >= 0.3 is 0 Å². The Morgan fingerprint density at radius 1 is 0.923 bits per heavy atom. The first-order valence-electron chi connectivity index (χ1n) is 21.5. The first-order valence-corrected chi connectivity index (χ1v) is 21.5. The van der Waals surface area contributed by atoms with Crippen LogP contribution < -0.4 is 5.32 Å². The van der Waals surface area contributed by atoms with Crippen LogP contribution >= 0.6 is 0 Å². The average Bonchev–Trinajstić information content (AvgIpc) is 3.69. The first kappa shape index (κ1) is 41.3. The standard InChI is InChI=1S/C39H66N2O5.C3H8O.CH4O.H2/c1-7-43-34(36(4,5)42)29-10-8-27-30(45-29)22-28-26-9-11-31-35(2,3)32(12-15-39(31)24-38(26,39)17-16-37(27,28)6)46-33-23-41(20-21-44-33)25-13-18-40-19-14-25;1-3(2)4;1-2;/h25-34,40,42H,7-24H2,1-6H3;3-4H,1-2H3;2H,1H3;1H. The summed E-state index contributed by atoms with van der Waals surface area (Å²) in [5.41, 5.74) is 0.749. The Hall–Kier alpha value is -0.360. The van der Waals surface area contributed by atoms with Crippen LogP contribution in [0.2, 0.25) is 0 Å². The van der Waals surface area contributed by atoms with Crippen LogP contribution in [-0.4, -0.2) is 115 Å². The van der Waals surface area contributed by atoms with E-state index < -0.39 is 5.60 Å². The summed E-state index contributed by atoms with van der Waals surface area (Å²) in [5.74, 6) is 3.03. The van der Waals surface area contributed by atoms with Gasteiger partial charge < -0.3 is 39.6 Å². The Kier molecular flexibility index (Phi) is 12.6. The zero-order chi connectivity index (χ0) is 37.7. The van der Waals surface area contributed by atoms with Crippen LogP contribution in [0.25, 0.3) is 0 Å². The van der Waals surface area contributed by atoms with Crippen LogP contribution in [0.3, 0.4) is 0 Å². The van der Waals surface area contributed by atoms with Gasteiger partial charge in [-0.25, -0.2) is 0 Å². The van der Waals surface area contributed by atoms with E-state index in [0.717, 1.165) is 64.1 Å². The predicted octanol–water partition coefficient (Wildman–Crippen LogP) is 6.41. The molecular formula is C43H80N2O7. The molecule has 9 nitrogen and oxygen atoms in total. The van der Waals surface area contributed by atoms with Gasteiger partial charge in [-0.2, -0.15) is 0 Å². The van der Waals surface area contributed by atoms with E-state index in [0.29, 0.717) is 40.9 Å². The Balaban J connectivity index is 0.000000727. The number of morpholine rings is 1. The summed E-state index contributed by atoms with van der Waals surface area (Å²) in [6.45, 7) is 22.7. The quantitative estimate of drug-likeness (QED) is 0.236. The van der Waals surface area contributed by atoms with Crippen LogP contribution in [0.1, 0.15) is 134 Å². The molecule has 12 atom stereocenters. The fourth-order valence-corrected chi connectivity index (χ4v) is 14.1. The van der Waals surface area contributed by atoms with Gasteiger partial charge in [0.25, 0.3) is 0 Å². The summed E-state index contributed by atoms with van der Waals surface area (Å²) < 4.78 is 26.4. The van der Waals surface area contributed by atoms with Gasteiger partial charge in [-0.15, -0.1) is 0 Å². The van der Waals surface area contributed by atoms with Gasteiger partial charge in [0.2, 0.25) is 0 Å². The number of rotatable bonds is 7. The molecule has 5 aliphatic carbocycles. The second-order valence-electron chi connectivity index (χ2n) is 19.9. The van der Waals surface area contributed by atoms with E-state index in [-0.39, 0.29) is 37.5 Å². The van der Waals surface area contributed by atoms with Crippen molar-refractivity contribution in [1.82, 2.24) is 10.2 Å². The number of nitrogens with zero attached hydrogens (tertiary/aromatic N) is 1. The molecule has 8 fully saturated rings. The molecule has 0 aromatic heterocycles. The maximum atomic E-state index is 11.0. The molecule has 3 aliphatic heterocycles. The molecule has 0 radical (unpaired) electrons. The summed E-state index contributed by atoms with van der Waals surface area (Å²) in [7, 11) is 1.00. The molecule has 2 spiro atoms. The number of nitrogens with one attached hydrogen (secondary N) is 1. The normalized spacial score (nSPS) is 44.7. The molecule has 9 heteroatoms. The molecule has 8 aliphatic rings. The Morgan fingerprint density at radius 3 is 2.29 bits per heavy atom. The van der Waals surface area contributed by atoms with Crippen molar-refractivity contribution in [2.75, 3.05) is 46.5 Å². The molecule has 0 amide bonds. The number of aliphatic hydroxyl groups is 3. The highest BCUT2D eigenvalue weighted by Gasteiger charge is 2.80. The molecule has 5 saturated carbocycles. The highest BCUT2D eigenvalue weighted by molar-refractivity contribution is 5.29. The zero-order valence-electron chi connectivity index (χ0n) is 34.5. The molecule has 0 bridgehead atoms. The van der Waals surface area contributed by atoms with Crippen molar-refractivity contribution in [3.05, 3.63) is 0 Å². The zero-order valence-corrected chi connectivity index (χ0v) is 34.5. The largest absolute Gasteiger partial charge is 0.400 e. The van der Waals surface area contributed by atoms with Crippen molar-refractivity contribution in [1.29, 1.82) is 0 Å². The van der Waals surface area contributed by atoms with Crippen molar-refractivity contribution in [2.24, 2.45) is 45.3 Å². The fraction of sp³-hybridized carbons (Fsp3) is 1.00. The van der Waals surface area contributed by atoms with Crippen LogP contribution in [-0.2, 0) is 18.9 Å². The third-order valence-electron chi connectivity index (χ3n) is 16.1. The molecular weight excluding hydrogens is 656 g/mol. The van der Waals surface area contributed by atoms with Gasteiger partial charge in [0.15, 0.2) is 6.29 Å². The highest BCUT2D eigenvalue weighted by atomic mass is 16.7. The summed E-state index contributed by atoms with van der Waals surface area (Å²) in [4.78, 5) is 2.67. The van der Waals surface area contributed by atoms with Crippen molar-refractivity contribution in [3.8, 4) is 0 Å². The smallest absolute Gasteiger partial charge is 0.170 e. The van der Waals surface area contributed by atoms with Gasteiger partial charge in [-0.3, -0.25) is 4.90 Å². The van der Waals surface area contributed by atoms with E-state index in [9.17, 15) is 5.11 Å². The lowest BCUT2D eigenvalue weighted by atomic mass is 9.46. The van der Waals surface area contributed by atoms with Crippen molar-refractivity contribution < 1.29 is 35.7 Å². The topological polar surface area (TPSA) is 113 Å². The Bertz CT molecular complexity index is 1180. The van der Waals surface area contributed by atoms with Gasteiger partial charge in [0.1, 0.15) is 6.10 Å². The van der Waals surface area contributed by atoms with E-state index in [2.05, 4.69) is 31.0 Å². The number of fused-ring (bicyclic) bond motifs is 4. The summed E-state index contributed by atoms with van der Waals surface area (Å²) in [6, 6.07) is 0.681. The second kappa shape index (κ2) is 15.9. The van der Waals surface area contributed by atoms with Crippen molar-refractivity contribution in [2.45, 2.75) is 181 Å². The van der Waals surface area contributed by atoms with Crippen molar-refractivity contribution >= 4 is 0 Å². The van der Waals surface area contributed by atoms with E-state index in [4.69, 9.17) is 29.2 Å². The van der Waals surface area contributed by atoms with E-state index in [1.54, 1.807) is 13.8 Å². The molecule has 12 unspecified atom stereocenters. The van der Waals surface area contributed by atoms with E-state index in [1.807, 2.05) is 20.8 Å². The molecule has 8 rings (SSSR count). The number of ether oxygens (including phenoxy) is 4. The third-order valence-corrected chi connectivity index (χ3v) is 16.1. The number of hydrogen-bond acceptors (Lipinski definition) is 9.